The van der Waals surface area contributed by atoms with Crippen LogP contribution in [0.1, 0.15) is 27.8 Å². The highest BCUT2D eigenvalue weighted by Crippen LogP contribution is 2.31. The summed E-state index contributed by atoms with van der Waals surface area (Å²) in [6.45, 7) is 4.47. The largest absolute Gasteiger partial charge is 0.480 e. The zero-order valence-corrected chi connectivity index (χ0v) is 13.4. The van der Waals surface area contributed by atoms with Crippen LogP contribution in [0.3, 0.4) is 0 Å². The van der Waals surface area contributed by atoms with E-state index in [0.29, 0.717) is 13.0 Å². The number of fused-ring (bicyclic) bond motifs is 1. The minimum absolute atomic E-state index is 0.0318. The van der Waals surface area contributed by atoms with Gasteiger partial charge in [-0.1, -0.05) is 30.3 Å². The number of hydrogen-bond donors (Lipinski definition) is 2. The molecule has 0 bridgehead atoms. The highest BCUT2D eigenvalue weighted by molar-refractivity contribution is 5.82. The molecule has 1 aliphatic rings. The van der Waals surface area contributed by atoms with Crippen LogP contribution in [0.5, 0.6) is 5.75 Å². The van der Waals surface area contributed by atoms with E-state index in [2.05, 4.69) is 18.3 Å². The van der Waals surface area contributed by atoms with Crippen LogP contribution in [-0.4, -0.2) is 17.1 Å². The second-order valence-electron chi connectivity index (χ2n) is 6.00. The molecule has 2 aromatic rings. The minimum atomic E-state index is -0.479. The molecule has 1 aliphatic heterocycles. The topological polar surface area (TPSA) is 58.6 Å². The van der Waals surface area contributed by atoms with Gasteiger partial charge in [-0.15, -0.1) is 0 Å². The number of aliphatic hydroxyl groups excluding tert-OH is 1. The molecule has 1 unspecified atom stereocenters. The molecule has 2 N–H and O–H groups in total. The molecule has 0 saturated heterocycles. The fraction of sp³-hybridized carbons (Fsp3) is 0.316. The van der Waals surface area contributed by atoms with E-state index in [9.17, 15) is 9.90 Å². The monoisotopic (exact) mass is 311 g/mol. The molecule has 1 heterocycles. The standard InChI is InChI=1S/C19H21NO3/c1-12-7-16-9-18(23-17(16)8-13(12)2)19(22)20-10-14-5-3-4-6-15(14)11-21/h3-8,18,21H,9-11H2,1-2H3,(H,20,22). The molecule has 0 saturated carbocycles. The van der Waals surface area contributed by atoms with Crippen molar-refractivity contribution in [2.75, 3.05) is 0 Å². The Morgan fingerprint density at radius 2 is 1.91 bits per heavy atom. The van der Waals surface area contributed by atoms with Crippen LogP contribution in [0.2, 0.25) is 0 Å². The molecular weight excluding hydrogens is 290 g/mol. The summed E-state index contributed by atoms with van der Waals surface area (Å²) in [5.74, 6) is 0.688. The van der Waals surface area contributed by atoms with Gasteiger partial charge in [0.2, 0.25) is 0 Å². The second kappa shape index (κ2) is 6.42. The smallest absolute Gasteiger partial charge is 0.261 e. The molecule has 1 atom stereocenters. The number of nitrogens with one attached hydrogen (secondary N) is 1. The highest BCUT2D eigenvalue weighted by atomic mass is 16.5. The molecule has 120 valence electrons. The van der Waals surface area contributed by atoms with Gasteiger partial charge in [0.15, 0.2) is 6.10 Å². The van der Waals surface area contributed by atoms with Crippen LogP contribution < -0.4 is 10.1 Å². The quantitative estimate of drug-likeness (QED) is 0.911. The first-order chi connectivity index (χ1) is 11.1. The SMILES string of the molecule is Cc1cc2c(cc1C)OC(C(=O)NCc1ccccc1CO)C2. The van der Waals surface area contributed by atoms with Crippen LogP contribution in [0.15, 0.2) is 36.4 Å². The lowest BCUT2D eigenvalue weighted by Crippen LogP contribution is -2.37. The highest BCUT2D eigenvalue weighted by Gasteiger charge is 2.29. The van der Waals surface area contributed by atoms with E-state index in [-0.39, 0.29) is 12.5 Å². The van der Waals surface area contributed by atoms with E-state index in [1.807, 2.05) is 37.3 Å². The van der Waals surface area contributed by atoms with Crippen molar-refractivity contribution < 1.29 is 14.6 Å². The van der Waals surface area contributed by atoms with Crippen molar-refractivity contribution in [3.8, 4) is 5.75 Å². The van der Waals surface area contributed by atoms with Crippen LogP contribution in [0, 0.1) is 13.8 Å². The molecule has 1 amide bonds. The third-order valence-corrected chi connectivity index (χ3v) is 4.39. The average Bonchev–Trinajstić information content (AvgIpc) is 2.96. The Morgan fingerprint density at radius 3 is 2.65 bits per heavy atom. The van der Waals surface area contributed by atoms with Crippen LogP contribution in [0.25, 0.3) is 0 Å². The third-order valence-electron chi connectivity index (χ3n) is 4.39. The normalized spacial score (nSPS) is 15.9. The van der Waals surface area contributed by atoms with Gasteiger partial charge in [0.1, 0.15) is 5.75 Å². The Bertz CT molecular complexity index is 708. The maximum atomic E-state index is 12.4. The van der Waals surface area contributed by atoms with Gasteiger partial charge in [0.25, 0.3) is 5.91 Å². The lowest BCUT2D eigenvalue weighted by atomic mass is 10.0. The Morgan fingerprint density at radius 1 is 1.22 bits per heavy atom. The van der Waals surface area contributed by atoms with Gasteiger partial charge in [-0.3, -0.25) is 4.79 Å². The first-order valence-corrected chi connectivity index (χ1v) is 7.80. The van der Waals surface area contributed by atoms with Crippen molar-refractivity contribution in [1.82, 2.24) is 5.32 Å². The molecule has 0 radical (unpaired) electrons. The first kappa shape index (κ1) is 15.6. The van der Waals surface area contributed by atoms with Crippen LogP contribution in [-0.2, 0) is 24.4 Å². The fourth-order valence-corrected chi connectivity index (χ4v) is 2.84. The first-order valence-electron chi connectivity index (χ1n) is 7.80. The summed E-state index contributed by atoms with van der Waals surface area (Å²) < 4.78 is 5.79. The summed E-state index contributed by atoms with van der Waals surface area (Å²) in [6, 6.07) is 11.6. The lowest BCUT2D eigenvalue weighted by molar-refractivity contribution is -0.127. The van der Waals surface area contributed by atoms with Crippen molar-refractivity contribution in [2.45, 2.75) is 39.5 Å². The molecule has 0 aromatic heterocycles. The Kier molecular flexibility index (Phi) is 4.35. The summed E-state index contributed by atoms with van der Waals surface area (Å²) in [5.41, 5.74) is 5.22. The van der Waals surface area contributed by atoms with E-state index < -0.39 is 6.10 Å². The predicted octanol–water partition coefficient (Wildman–Crippen LogP) is 2.42. The molecule has 2 aromatic carbocycles. The summed E-state index contributed by atoms with van der Waals surface area (Å²) in [7, 11) is 0. The van der Waals surface area contributed by atoms with E-state index in [1.165, 1.54) is 11.1 Å². The van der Waals surface area contributed by atoms with Crippen molar-refractivity contribution in [3.05, 3.63) is 64.2 Å². The molecule has 0 spiro atoms. The van der Waals surface area contributed by atoms with Crippen molar-refractivity contribution in [1.29, 1.82) is 0 Å². The number of rotatable bonds is 4. The number of benzene rings is 2. The van der Waals surface area contributed by atoms with Gasteiger partial charge in [-0.2, -0.15) is 0 Å². The average molecular weight is 311 g/mol. The minimum Gasteiger partial charge on any atom is -0.480 e. The number of hydrogen-bond acceptors (Lipinski definition) is 3. The molecule has 4 nitrogen and oxygen atoms in total. The summed E-state index contributed by atoms with van der Waals surface area (Å²) in [5, 5.41) is 12.2. The van der Waals surface area contributed by atoms with Gasteiger partial charge in [0.05, 0.1) is 6.61 Å². The number of carbonyl (C=O) groups is 1. The Balaban J connectivity index is 1.64. The zero-order valence-electron chi connectivity index (χ0n) is 13.4. The van der Waals surface area contributed by atoms with Gasteiger partial charge in [0, 0.05) is 13.0 Å². The van der Waals surface area contributed by atoms with E-state index in [1.54, 1.807) is 0 Å². The third kappa shape index (κ3) is 3.22. The maximum absolute atomic E-state index is 12.4. The maximum Gasteiger partial charge on any atom is 0.261 e. The molecule has 3 rings (SSSR count). The van der Waals surface area contributed by atoms with Gasteiger partial charge in [-0.25, -0.2) is 0 Å². The molecule has 4 heteroatoms. The van der Waals surface area contributed by atoms with Crippen molar-refractivity contribution >= 4 is 5.91 Å². The van der Waals surface area contributed by atoms with Crippen molar-refractivity contribution in [3.63, 3.8) is 0 Å². The molecular formula is C19H21NO3. The van der Waals surface area contributed by atoms with Gasteiger partial charge < -0.3 is 15.2 Å². The zero-order chi connectivity index (χ0) is 16.4. The second-order valence-corrected chi connectivity index (χ2v) is 6.00. The Hall–Kier alpha value is -2.33. The van der Waals surface area contributed by atoms with E-state index in [0.717, 1.165) is 22.4 Å². The fourth-order valence-electron chi connectivity index (χ4n) is 2.84. The van der Waals surface area contributed by atoms with Gasteiger partial charge >= 0.3 is 0 Å². The number of aryl methyl sites for hydroxylation is 2. The van der Waals surface area contributed by atoms with Gasteiger partial charge in [-0.05, 0) is 47.7 Å². The van der Waals surface area contributed by atoms with E-state index in [4.69, 9.17) is 4.74 Å². The number of ether oxygens (including phenoxy) is 1. The molecule has 0 aliphatic carbocycles. The summed E-state index contributed by atoms with van der Waals surface area (Å²) in [6.07, 6.45) is 0.122. The van der Waals surface area contributed by atoms with Crippen LogP contribution in [0.4, 0.5) is 0 Å². The van der Waals surface area contributed by atoms with Crippen LogP contribution >= 0.6 is 0 Å². The van der Waals surface area contributed by atoms with Crippen molar-refractivity contribution in [2.24, 2.45) is 0 Å². The molecule has 0 fully saturated rings. The number of carbonyl (C=O) groups excluding carboxylic acids is 1. The van der Waals surface area contributed by atoms with E-state index >= 15 is 0 Å². The summed E-state index contributed by atoms with van der Waals surface area (Å²) >= 11 is 0. The number of amides is 1. The Labute approximate surface area is 136 Å². The number of aliphatic hydroxyl groups is 1. The lowest BCUT2D eigenvalue weighted by Gasteiger charge is -2.13. The predicted molar refractivity (Wildman–Crippen MR) is 88.2 cm³/mol. The molecule has 23 heavy (non-hydrogen) atoms. The summed E-state index contributed by atoms with van der Waals surface area (Å²) in [4.78, 5) is 12.4.